The third-order valence-corrected chi connectivity index (χ3v) is 6.61. The number of pyridine rings is 1. The third kappa shape index (κ3) is 6.26. The Bertz CT molecular complexity index is 1400. The highest BCUT2D eigenvalue weighted by Crippen LogP contribution is 2.32. The SMILES string of the molecule is Cc1ccc(C(=O)N(Cc2ccc(SCc3ccccc3)cc2)c2cccc(C(F)(F)F)c2)c(=O)[nH]1. The van der Waals surface area contributed by atoms with Gasteiger partial charge in [-0.25, -0.2) is 0 Å². The van der Waals surface area contributed by atoms with Crippen LogP contribution in [-0.2, 0) is 18.5 Å². The minimum Gasteiger partial charge on any atom is -0.326 e. The van der Waals surface area contributed by atoms with Gasteiger partial charge in [-0.2, -0.15) is 13.2 Å². The first-order chi connectivity index (χ1) is 17.2. The number of rotatable bonds is 7. The topological polar surface area (TPSA) is 53.2 Å². The Kier molecular flexibility index (Phi) is 7.64. The van der Waals surface area contributed by atoms with E-state index >= 15 is 0 Å². The fraction of sp³-hybridized carbons (Fsp3) is 0.143. The van der Waals surface area contributed by atoms with Gasteiger partial charge in [-0.1, -0.05) is 48.5 Å². The first-order valence-electron chi connectivity index (χ1n) is 11.2. The lowest BCUT2D eigenvalue weighted by Gasteiger charge is -2.24. The summed E-state index contributed by atoms with van der Waals surface area (Å²) in [6.07, 6.45) is -4.57. The largest absolute Gasteiger partial charge is 0.416 e. The molecule has 0 unspecified atom stereocenters. The molecule has 4 nitrogen and oxygen atoms in total. The van der Waals surface area contributed by atoms with E-state index in [4.69, 9.17) is 0 Å². The van der Waals surface area contributed by atoms with Crippen molar-refractivity contribution in [2.45, 2.75) is 30.3 Å². The molecule has 1 heterocycles. The van der Waals surface area contributed by atoms with Crippen LogP contribution in [0.3, 0.4) is 0 Å². The minimum atomic E-state index is -4.57. The van der Waals surface area contributed by atoms with Crippen LogP contribution in [-0.4, -0.2) is 10.9 Å². The molecule has 4 rings (SSSR count). The summed E-state index contributed by atoms with van der Waals surface area (Å²) in [4.78, 5) is 30.6. The van der Waals surface area contributed by atoms with E-state index in [9.17, 15) is 22.8 Å². The fourth-order valence-electron chi connectivity index (χ4n) is 3.63. The monoisotopic (exact) mass is 508 g/mol. The second kappa shape index (κ2) is 10.9. The van der Waals surface area contributed by atoms with Crippen LogP contribution in [0.1, 0.15) is 32.7 Å². The molecule has 0 aliphatic rings. The molecule has 1 amide bonds. The highest BCUT2D eigenvalue weighted by molar-refractivity contribution is 7.98. The Balaban J connectivity index is 1.61. The summed E-state index contributed by atoms with van der Waals surface area (Å²) in [6.45, 7) is 1.68. The molecule has 1 N–H and O–H groups in total. The van der Waals surface area contributed by atoms with Gasteiger partial charge in [-0.05, 0) is 60.5 Å². The molecular formula is C28H23F3N2O2S. The van der Waals surface area contributed by atoms with Crippen LogP contribution in [0.25, 0.3) is 0 Å². The molecule has 0 aliphatic heterocycles. The average molecular weight is 509 g/mol. The number of thioether (sulfide) groups is 1. The van der Waals surface area contributed by atoms with Crippen molar-refractivity contribution in [2.75, 3.05) is 4.90 Å². The number of aromatic nitrogens is 1. The lowest BCUT2D eigenvalue weighted by molar-refractivity contribution is -0.137. The summed E-state index contributed by atoms with van der Waals surface area (Å²) in [6, 6.07) is 25.0. The summed E-state index contributed by atoms with van der Waals surface area (Å²) >= 11 is 1.66. The maximum absolute atomic E-state index is 13.4. The van der Waals surface area contributed by atoms with Gasteiger partial charge in [0, 0.05) is 22.0 Å². The van der Waals surface area contributed by atoms with Gasteiger partial charge >= 0.3 is 6.18 Å². The Morgan fingerprint density at radius 1 is 0.889 bits per heavy atom. The highest BCUT2D eigenvalue weighted by Gasteiger charge is 2.31. The van der Waals surface area contributed by atoms with Gasteiger partial charge in [0.2, 0.25) is 0 Å². The van der Waals surface area contributed by atoms with E-state index in [1.807, 2.05) is 54.6 Å². The number of hydrogen-bond acceptors (Lipinski definition) is 3. The van der Waals surface area contributed by atoms with Crippen molar-refractivity contribution in [3.8, 4) is 0 Å². The predicted octanol–water partition coefficient (Wildman–Crippen LogP) is 6.84. The Labute approximate surface area is 210 Å². The van der Waals surface area contributed by atoms with Crippen LogP contribution in [0.5, 0.6) is 0 Å². The van der Waals surface area contributed by atoms with Crippen molar-refractivity contribution >= 4 is 23.4 Å². The number of carbonyl (C=O) groups excluding carboxylic acids is 1. The maximum atomic E-state index is 13.4. The molecule has 0 fully saturated rings. The molecule has 0 aliphatic carbocycles. The maximum Gasteiger partial charge on any atom is 0.416 e. The van der Waals surface area contributed by atoms with Crippen LogP contribution in [0.15, 0.2) is 101 Å². The average Bonchev–Trinajstić information content (AvgIpc) is 2.86. The summed E-state index contributed by atoms with van der Waals surface area (Å²) in [5.41, 5.74) is 0.925. The summed E-state index contributed by atoms with van der Waals surface area (Å²) < 4.78 is 40.1. The molecule has 184 valence electrons. The van der Waals surface area contributed by atoms with E-state index in [0.717, 1.165) is 22.8 Å². The molecule has 0 saturated carbocycles. The van der Waals surface area contributed by atoms with E-state index < -0.39 is 23.2 Å². The van der Waals surface area contributed by atoms with Crippen molar-refractivity contribution in [1.29, 1.82) is 0 Å². The molecule has 3 aromatic carbocycles. The summed E-state index contributed by atoms with van der Waals surface area (Å²) in [5, 5.41) is 0. The zero-order chi connectivity index (χ0) is 25.7. The van der Waals surface area contributed by atoms with Gasteiger partial charge in [0.1, 0.15) is 5.56 Å². The number of amides is 1. The number of aromatic amines is 1. The van der Waals surface area contributed by atoms with Crippen LogP contribution >= 0.6 is 11.8 Å². The van der Waals surface area contributed by atoms with Crippen molar-refractivity contribution in [1.82, 2.24) is 4.98 Å². The summed E-state index contributed by atoms with van der Waals surface area (Å²) in [5.74, 6) is 0.115. The van der Waals surface area contributed by atoms with Crippen molar-refractivity contribution < 1.29 is 18.0 Å². The van der Waals surface area contributed by atoms with Crippen LogP contribution in [0.2, 0.25) is 0 Å². The predicted molar refractivity (Wildman–Crippen MR) is 136 cm³/mol. The number of halogens is 3. The van der Waals surface area contributed by atoms with E-state index in [1.54, 1.807) is 24.8 Å². The van der Waals surface area contributed by atoms with Gasteiger partial charge < -0.3 is 9.88 Å². The van der Waals surface area contributed by atoms with Crippen LogP contribution < -0.4 is 10.5 Å². The number of nitrogens with one attached hydrogen (secondary N) is 1. The summed E-state index contributed by atoms with van der Waals surface area (Å²) in [7, 11) is 0. The number of benzene rings is 3. The Morgan fingerprint density at radius 3 is 2.28 bits per heavy atom. The number of alkyl halides is 3. The second-order valence-electron chi connectivity index (χ2n) is 8.24. The van der Waals surface area contributed by atoms with Gasteiger partial charge in [-0.3, -0.25) is 9.59 Å². The molecule has 4 aromatic rings. The molecule has 0 bridgehead atoms. The highest BCUT2D eigenvalue weighted by atomic mass is 32.2. The van der Waals surface area contributed by atoms with Crippen LogP contribution in [0.4, 0.5) is 18.9 Å². The zero-order valence-corrected chi connectivity index (χ0v) is 20.2. The Morgan fingerprint density at radius 2 is 1.61 bits per heavy atom. The molecule has 1 aromatic heterocycles. The van der Waals surface area contributed by atoms with E-state index in [-0.39, 0.29) is 17.8 Å². The van der Waals surface area contributed by atoms with Gasteiger partial charge in [-0.15, -0.1) is 11.8 Å². The van der Waals surface area contributed by atoms with Gasteiger partial charge in [0.15, 0.2) is 0 Å². The molecular weight excluding hydrogens is 485 g/mol. The van der Waals surface area contributed by atoms with E-state index in [0.29, 0.717) is 11.3 Å². The standard InChI is InChI=1S/C28H23F3N2O2S/c1-19-10-15-25(26(34)32-19)27(35)33(23-9-5-8-22(16-23)28(29,30)31)17-20-11-13-24(14-12-20)36-18-21-6-3-2-4-7-21/h2-16H,17-18H2,1H3,(H,32,34). The smallest absolute Gasteiger partial charge is 0.326 e. The van der Waals surface area contributed by atoms with Gasteiger partial charge in [0.25, 0.3) is 11.5 Å². The van der Waals surface area contributed by atoms with Crippen molar-refractivity contribution in [3.63, 3.8) is 0 Å². The molecule has 8 heteroatoms. The second-order valence-corrected chi connectivity index (χ2v) is 9.29. The first-order valence-corrected chi connectivity index (χ1v) is 12.1. The van der Waals surface area contributed by atoms with Crippen molar-refractivity contribution in [2.24, 2.45) is 0 Å². The third-order valence-electron chi connectivity index (χ3n) is 5.53. The Hall–Kier alpha value is -3.78. The molecule has 36 heavy (non-hydrogen) atoms. The number of H-pyrrole nitrogens is 1. The molecule has 0 radical (unpaired) electrons. The first kappa shape index (κ1) is 25.3. The molecule has 0 atom stereocenters. The molecule has 0 spiro atoms. The number of aryl methyl sites for hydroxylation is 1. The zero-order valence-electron chi connectivity index (χ0n) is 19.4. The van der Waals surface area contributed by atoms with Gasteiger partial charge in [0.05, 0.1) is 12.1 Å². The molecule has 0 saturated heterocycles. The fourth-order valence-corrected chi connectivity index (χ4v) is 4.49. The number of carbonyl (C=O) groups is 1. The quantitative estimate of drug-likeness (QED) is 0.278. The lowest BCUT2D eigenvalue weighted by atomic mass is 10.1. The lowest BCUT2D eigenvalue weighted by Crippen LogP contribution is -2.34. The normalized spacial score (nSPS) is 11.3. The van der Waals surface area contributed by atoms with E-state index in [1.165, 1.54) is 28.7 Å². The minimum absolute atomic E-state index is 0.00288. The van der Waals surface area contributed by atoms with Crippen LogP contribution in [0, 0.1) is 6.92 Å². The number of hydrogen-bond donors (Lipinski definition) is 1. The number of nitrogens with zero attached hydrogens (tertiary/aromatic N) is 1. The van der Waals surface area contributed by atoms with E-state index in [2.05, 4.69) is 4.98 Å². The number of anilines is 1. The van der Waals surface area contributed by atoms with Crippen molar-refractivity contribution in [3.05, 3.63) is 129 Å².